The van der Waals surface area contributed by atoms with E-state index in [1.165, 1.54) is 30.0 Å². The van der Waals surface area contributed by atoms with E-state index in [1.807, 2.05) is 18.7 Å². The van der Waals surface area contributed by atoms with Crippen molar-refractivity contribution in [1.29, 1.82) is 0 Å². The molecule has 3 unspecified atom stereocenters. The lowest BCUT2D eigenvalue weighted by Gasteiger charge is -2.47. The number of carbonyl (C=O) groups is 2. The van der Waals surface area contributed by atoms with Gasteiger partial charge in [-0.2, -0.15) is 0 Å². The molecule has 0 spiro atoms. The van der Waals surface area contributed by atoms with Crippen LogP contribution < -0.4 is 10.6 Å². The van der Waals surface area contributed by atoms with Crippen LogP contribution in [0.3, 0.4) is 0 Å². The van der Waals surface area contributed by atoms with E-state index in [9.17, 15) is 19.1 Å². The van der Waals surface area contributed by atoms with Crippen LogP contribution >= 0.6 is 11.6 Å². The fourth-order valence-electron chi connectivity index (χ4n) is 3.28. The minimum absolute atomic E-state index is 0.0226. The largest absolute Gasteiger partial charge is 0.481 e. The van der Waals surface area contributed by atoms with Crippen LogP contribution in [0.2, 0.25) is 5.02 Å². The predicted octanol–water partition coefficient (Wildman–Crippen LogP) is 1.71. The summed E-state index contributed by atoms with van der Waals surface area (Å²) in [5.41, 5.74) is 5.88. The lowest BCUT2D eigenvalue weighted by molar-refractivity contribution is -0.142. The van der Waals surface area contributed by atoms with Crippen molar-refractivity contribution in [2.24, 2.45) is 11.7 Å². The number of aliphatic hydroxyl groups excluding tert-OH is 1. The number of carbonyl (C=O) groups excluding carboxylic acids is 1. The van der Waals surface area contributed by atoms with Crippen LogP contribution in [-0.2, 0) is 9.59 Å². The number of carboxylic acid groups (broad SMARTS) is 1. The van der Waals surface area contributed by atoms with Crippen LogP contribution in [0.5, 0.6) is 0 Å². The maximum absolute atomic E-state index is 13.6. The van der Waals surface area contributed by atoms with Gasteiger partial charge in [0.1, 0.15) is 5.82 Å². The van der Waals surface area contributed by atoms with Crippen molar-refractivity contribution in [2.45, 2.75) is 44.9 Å². The number of aliphatic hydroxyl groups is 1. The molecule has 4 N–H and O–H groups in total. The summed E-state index contributed by atoms with van der Waals surface area (Å²) in [5, 5.41) is 19.5. The van der Waals surface area contributed by atoms with E-state index < -0.39 is 35.4 Å². The highest BCUT2D eigenvalue weighted by Crippen LogP contribution is 2.32. The summed E-state index contributed by atoms with van der Waals surface area (Å²) in [5.74, 6) is -2.46. The van der Waals surface area contributed by atoms with Crippen molar-refractivity contribution in [2.75, 3.05) is 24.5 Å². The molecule has 0 saturated carbocycles. The summed E-state index contributed by atoms with van der Waals surface area (Å²) in [6.07, 6.45) is -0.975. The third-order valence-corrected chi connectivity index (χ3v) is 5.49. The molecule has 0 aromatic heterocycles. The topological polar surface area (TPSA) is 107 Å². The van der Waals surface area contributed by atoms with Gasteiger partial charge in [0, 0.05) is 24.7 Å². The normalized spacial score (nSPS) is 20.7. The molecule has 1 amide bonds. The number of carboxylic acids is 1. The van der Waals surface area contributed by atoms with Crippen molar-refractivity contribution in [1.82, 2.24) is 4.90 Å². The van der Waals surface area contributed by atoms with Gasteiger partial charge in [-0.1, -0.05) is 18.5 Å². The molecule has 1 heterocycles. The van der Waals surface area contributed by atoms with Crippen LogP contribution in [-0.4, -0.2) is 64.3 Å². The number of anilines is 1. The van der Waals surface area contributed by atoms with E-state index in [-0.39, 0.29) is 37.0 Å². The van der Waals surface area contributed by atoms with Crippen LogP contribution in [0, 0.1) is 11.7 Å². The zero-order valence-electron chi connectivity index (χ0n) is 16.2. The number of piperazine rings is 1. The SMILES string of the molecule is CC(CC(O)C(N)CN1CC(=O)N(c2cc(F)ccc2Cl)CC1(C)C)C(=O)O. The number of benzene rings is 1. The Kier molecular flexibility index (Phi) is 7.03. The van der Waals surface area contributed by atoms with Gasteiger partial charge in [0.05, 0.1) is 29.3 Å². The molecule has 0 radical (unpaired) electrons. The number of halogens is 2. The predicted molar refractivity (Wildman–Crippen MR) is 105 cm³/mol. The molecule has 156 valence electrons. The van der Waals surface area contributed by atoms with E-state index in [0.717, 1.165) is 0 Å². The lowest BCUT2D eigenvalue weighted by Crippen LogP contribution is -2.64. The van der Waals surface area contributed by atoms with E-state index in [0.29, 0.717) is 5.69 Å². The zero-order chi connectivity index (χ0) is 21.2. The highest BCUT2D eigenvalue weighted by molar-refractivity contribution is 6.33. The van der Waals surface area contributed by atoms with Gasteiger partial charge in [-0.05, 0) is 38.5 Å². The smallest absolute Gasteiger partial charge is 0.306 e. The molecule has 1 aliphatic rings. The Hall–Kier alpha value is -1.74. The summed E-state index contributed by atoms with van der Waals surface area (Å²) < 4.78 is 13.6. The van der Waals surface area contributed by atoms with Crippen LogP contribution in [0.15, 0.2) is 18.2 Å². The van der Waals surface area contributed by atoms with Gasteiger partial charge >= 0.3 is 5.97 Å². The monoisotopic (exact) mass is 415 g/mol. The second-order valence-electron chi connectivity index (χ2n) is 7.97. The third kappa shape index (κ3) is 5.20. The molecule has 0 bridgehead atoms. The minimum atomic E-state index is -1.01. The number of hydrogen-bond acceptors (Lipinski definition) is 5. The second-order valence-corrected chi connectivity index (χ2v) is 8.38. The number of nitrogens with zero attached hydrogens (tertiary/aromatic N) is 2. The maximum Gasteiger partial charge on any atom is 0.306 e. The molecule has 1 aromatic carbocycles. The molecule has 3 atom stereocenters. The number of rotatable bonds is 7. The van der Waals surface area contributed by atoms with E-state index in [1.54, 1.807) is 0 Å². The second kappa shape index (κ2) is 8.73. The molecular weight excluding hydrogens is 389 g/mol. The fraction of sp³-hybridized carbons (Fsp3) is 0.579. The Bertz CT molecular complexity index is 746. The van der Waals surface area contributed by atoms with Crippen molar-refractivity contribution in [3.05, 3.63) is 29.0 Å². The summed E-state index contributed by atoms with van der Waals surface area (Å²) in [6.45, 7) is 5.85. The molecule has 1 aromatic rings. The number of nitrogens with two attached hydrogens (primary N) is 1. The Labute approximate surface area is 168 Å². The van der Waals surface area contributed by atoms with E-state index in [4.69, 9.17) is 22.4 Å². The first-order valence-electron chi connectivity index (χ1n) is 9.09. The minimum Gasteiger partial charge on any atom is -0.481 e. The van der Waals surface area contributed by atoms with E-state index in [2.05, 4.69) is 0 Å². The van der Waals surface area contributed by atoms with Crippen molar-refractivity contribution in [3.63, 3.8) is 0 Å². The molecule has 1 fully saturated rings. The quantitative estimate of drug-likeness (QED) is 0.625. The van der Waals surface area contributed by atoms with Gasteiger partial charge in [0.15, 0.2) is 0 Å². The van der Waals surface area contributed by atoms with Crippen molar-refractivity contribution < 1.29 is 24.2 Å². The molecular formula is C19H27ClFN3O4. The van der Waals surface area contributed by atoms with Gasteiger partial charge in [0.25, 0.3) is 0 Å². The average Bonchev–Trinajstić information content (AvgIpc) is 2.59. The van der Waals surface area contributed by atoms with Gasteiger partial charge in [-0.15, -0.1) is 0 Å². The third-order valence-electron chi connectivity index (χ3n) is 5.17. The summed E-state index contributed by atoms with van der Waals surface area (Å²) in [6, 6.07) is 3.16. The first-order valence-corrected chi connectivity index (χ1v) is 9.47. The van der Waals surface area contributed by atoms with Crippen molar-refractivity contribution in [3.8, 4) is 0 Å². The Morgan fingerprint density at radius 1 is 1.43 bits per heavy atom. The molecule has 28 heavy (non-hydrogen) atoms. The number of amides is 1. The molecule has 0 aliphatic carbocycles. The highest BCUT2D eigenvalue weighted by atomic mass is 35.5. The Morgan fingerprint density at radius 2 is 2.07 bits per heavy atom. The van der Waals surface area contributed by atoms with Gasteiger partial charge in [0.2, 0.25) is 5.91 Å². The van der Waals surface area contributed by atoms with Crippen molar-refractivity contribution >= 4 is 29.2 Å². The Balaban J connectivity index is 2.10. The summed E-state index contributed by atoms with van der Waals surface area (Å²) >= 11 is 6.15. The Morgan fingerprint density at radius 3 is 2.68 bits per heavy atom. The highest BCUT2D eigenvalue weighted by Gasteiger charge is 2.40. The first kappa shape index (κ1) is 22.5. The maximum atomic E-state index is 13.6. The van der Waals surface area contributed by atoms with Gasteiger partial charge in [-0.25, -0.2) is 4.39 Å². The molecule has 2 rings (SSSR count). The van der Waals surface area contributed by atoms with Crippen LogP contribution in [0.25, 0.3) is 0 Å². The van der Waals surface area contributed by atoms with Gasteiger partial charge < -0.3 is 20.8 Å². The standard InChI is InChI=1S/C19H27ClFN3O4/c1-11(18(27)28)6-16(25)14(22)8-23-9-17(26)24(10-19(23,2)3)15-7-12(21)4-5-13(15)20/h4-5,7,11,14,16,25H,6,8-10,22H2,1-3H3,(H,27,28). The van der Waals surface area contributed by atoms with Crippen LogP contribution in [0.4, 0.5) is 10.1 Å². The van der Waals surface area contributed by atoms with E-state index >= 15 is 0 Å². The molecule has 7 nitrogen and oxygen atoms in total. The van der Waals surface area contributed by atoms with Crippen LogP contribution in [0.1, 0.15) is 27.2 Å². The molecule has 1 saturated heterocycles. The van der Waals surface area contributed by atoms with Gasteiger partial charge in [-0.3, -0.25) is 14.5 Å². The summed E-state index contributed by atoms with van der Waals surface area (Å²) in [7, 11) is 0. The molecule has 1 aliphatic heterocycles. The lowest BCUT2D eigenvalue weighted by atomic mass is 9.94. The molecule has 9 heteroatoms. The summed E-state index contributed by atoms with van der Waals surface area (Å²) in [4.78, 5) is 27.0. The fourth-order valence-corrected chi connectivity index (χ4v) is 3.50. The first-order chi connectivity index (χ1) is 12.9. The number of hydrogen-bond donors (Lipinski definition) is 3. The zero-order valence-corrected chi connectivity index (χ0v) is 17.0. The average molecular weight is 416 g/mol. The number of aliphatic carboxylic acids is 1.